The monoisotopic (exact) mass is 619 g/mol. The van der Waals surface area contributed by atoms with E-state index in [1.165, 1.54) is 30.6 Å². The van der Waals surface area contributed by atoms with Gasteiger partial charge in [-0.1, -0.05) is 24.3 Å². The minimum absolute atomic E-state index is 0.0352. The van der Waals surface area contributed by atoms with Crippen LogP contribution in [-0.2, 0) is 37.2 Å². The number of rotatable bonds is 14. The van der Waals surface area contributed by atoms with Crippen LogP contribution in [0.3, 0.4) is 0 Å². The number of amides is 3. The van der Waals surface area contributed by atoms with Crippen molar-refractivity contribution >= 4 is 36.4 Å². The number of fused-ring (bicyclic) bond motifs is 1. The quantitative estimate of drug-likeness (QED) is 0.118. The third-order valence-electron chi connectivity index (χ3n) is 7.41. The highest BCUT2D eigenvalue weighted by atomic mass is 19.4. The van der Waals surface area contributed by atoms with E-state index in [9.17, 15) is 32.8 Å². The fourth-order valence-corrected chi connectivity index (χ4v) is 4.87. The van der Waals surface area contributed by atoms with Crippen molar-refractivity contribution in [1.82, 2.24) is 10.2 Å². The van der Waals surface area contributed by atoms with Gasteiger partial charge in [-0.2, -0.15) is 18.2 Å². The molecule has 0 aromatic heterocycles. The topological polar surface area (TPSA) is 177 Å². The lowest BCUT2D eigenvalue weighted by atomic mass is 9.83. The van der Waals surface area contributed by atoms with Crippen molar-refractivity contribution in [2.24, 2.45) is 17.2 Å². The zero-order chi connectivity index (χ0) is 32.7. The van der Waals surface area contributed by atoms with Gasteiger partial charge < -0.3 is 32.1 Å². The number of nitrogens with zero attached hydrogens (tertiary/aromatic N) is 2. The minimum atomic E-state index is -4.50. The molecule has 0 saturated heterocycles. The lowest BCUT2D eigenvalue weighted by Crippen LogP contribution is -2.53. The Labute approximate surface area is 255 Å². The minimum Gasteiger partial charge on any atom is -0.425 e. The van der Waals surface area contributed by atoms with Gasteiger partial charge in [0.1, 0.15) is 6.04 Å². The summed E-state index contributed by atoms with van der Waals surface area (Å²) in [5, 5.41) is 14.0. The highest BCUT2D eigenvalue weighted by Gasteiger charge is 2.36. The molecule has 239 valence electrons. The second kappa shape index (κ2) is 15.0. The second-order valence-corrected chi connectivity index (χ2v) is 11.0. The summed E-state index contributed by atoms with van der Waals surface area (Å²) in [6.45, 7) is 4.73. The van der Waals surface area contributed by atoms with Crippen LogP contribution in [0.25, 0.3) is 0 Å². The van der Waals surface area contributed by atoms with E-state index in [1.54, 1.807) is 12.1 Å². The summed E-state index contributed by atoms with van der Waals surface area (Å²) in [6.07, 6.45) is -4.57. The summed E-state index contributed by atoms with van der Waals surface area (Å²) in [7, 11) is 1.43. The van der Waals surface area contributed by atoms with Crippen molar-refractivity contribution in [1.29, 1.82) is 0 Å². The number of aryl methyl sites for hydroxylation is 1. The summed E-state index contributed by atoms with van der Waals surface area (Å²) in [5.74, 6) is -1.91. The van der Waals surface area contributed by atoms with Crippen LogP contribution in [0.5, 0.6) is 0 Å². The van der Waals surface area contributed by atoms with Gasteiger partial charge in [0.2, 0.25) is 11.8 Å². The molecule has 1 aliphatic heterocycles. The number of anilines is 1. The van der Waals surface area contributed by atoms with E-state index >= 15 is 0 Å². The molecule has 0 aliphatic carbocycles. The molecule has 1 heterocycles. The highest BCUT2D eigenvalue weighted by molar-refractivity contribution is 6.52. The fourth-order valence-electron chi connectivity index (χ4n) is 4.87. The number of hydrogen-bond donors (Lipinski definition) is 5. The van der Waals surface area contributed by atoms with Crippen LogP contribution < -0.4 is 33.0 Å². The second-order valence-electron chi connectivity index (χ2n) is 11.0. The van der Waals surface area contributed by atoms with Gasteiger partial charge in [-0.15, -0.1) is 0 Å². The number of benzene rings is 2. The van der Waals surface area contributed by atoms with Crippen molar-refractivity contribution in [2.45, 2.75) is 63.4 Å². The fraction of sp³-hybridized carbons (Fsp3) is 0.483. The van der Waals surface area contributed by atoms with E-state index in [0.29, 0.717) is 29.2 Å². The van der Waals surface area contributed by atoms with Gasteiger partial charge in [-0.3, -0.25) is 19.6 Å². The van der Waals surface area contributed by atoms with Crippen molar-refractivity contribution in [2.75, 3.05) is 31.2 Å². The van der Waals surface area contributed by atoms with Crippen LogP contribution in [0.4, 0.5) is 18.9 Å². The number of carbonyl (C=O) groups is 3. The Morgan fingerprint density at radius 3 is 2.27 bits per heavy atom. The number of hydroxylamine groups is 1. The number of nitrogens with one attached hydrogen (secondary N) is 1. The number of carbonyl (C=O) groups excluding carboxylic acids is 3. The van der Waals surface area contributed by atoms with Gasteiger partial charge >= 0.3 is 13.7 Å². The SMILES string of the molecule is CC1(C)O[B]c2c(N(O)C(=O)[C@@H](CCc3ccc(C(F)(F)F)cc3)NC(=O)[C@@H](N)CCC(=O)N(CCN)CCN)cccc21. The predicted molar refractivity (Wildman–Crippen MR) is 159 cm³/mol. The molecule has 1 aliphatic rings. The molecule has 0 spiro atoms. The molecule has 0 bridgehead atoms. The molecule has 44 heavy (non-hydrogen) atoms. The molecule has 0 saturated carbocycles. The summed E-state index contributed by atoms with van der Waals surface area (Å²) in [5.41, 5.74) is 17.5. The van der Waals surface area contributed by atoms with Crippen molar-refractivity contribution in [3.8, 4) is 0 Å². The molecule has 8 N–H and O–H groups in total. The molecule has 3 amide bonds. The third-order valence-corrected chi connectivity index (χ3v) is 7.41. The standard InChI is InChI=1S/C29H39BF3N6O5/c1-28(2)20-4-3-5-23(25(20)30-44-28)39(43)27(42)22(12-8-18-6-9-19(10-7-18)29(31,32)33)37-26(41)21(36)11-13-24(40)38(16-14-34)17-15-35/h3-7,9-10,21-22,43H,8,11-17,34-36H2,1-2H3,(H,37,41)/t21-,22+/m0/s1. The Kier molecular flexibility index (Phi) is 11.9. The van der Waals surface area contributed by atoms with Gasteiger partial charge in [0.15, 0.2) is 0 Å². The molecule has 3 rings (SSSR count). The molecule has 0 unspecified atom stereocenters. The highest BCUT2D eigenvalue weighted by Crippen LogP contribution is 2.31. The van der Waals surface area contributed by atoms with Gasteiger partial charge in [0.05, 0.1) is 22.9 Å². The van der Waals surface area contributed by atoms with E-state index in [0.717, 1.165) is 17.7 Å². The normalized spacial score (nSPS) is 15.1. The molecule has 2 atom stereocenters. The molecule has 2 aromatic carbocycles. The molecular weight excluding hydrogens is 580 g/mol. The molecule has 11 nitrogen and oxygen atoms in total. The number of hydrogen-bond acceptors (Lipinski definition) is 8. The Hall–Kier alpha value is -3.50. The maximum atomic E-state index is 13.6. The lowest BCUT2D eigenvalue weighted by Gasteiger charge is -2.26. The molecule has 0 fully saturated rings. The van der Waals surface area contributed by atoms with E-state index in [4.69, 9.17) is 21.9 Å². The summed E-state index contributed by atoms with van der Waals surface area (Å²) in [4.78, 5) is 40.7. The number of halogens is 3. The molecule has 1 radical (unpaired) electrons. The van der Waals surface area contributed by atoms with Crippen molar-refractivity contribution in [3.63, 3.8) is 0 Å². The van der Waals surface area contributed by atoms with Gasteiger partial charge in [0, 0.05) is 32.6 Å². The summed E-state index contributed by atoms with van der Waals surface area (Å²) in [6, 6.07) is 6.91. The van der Waals surface area contributed by atoms with Gasteiger partial charge in [-0.05, 0) is 67.9 Å². The zero-order valence-corrected chi connectivity index (χ0v) is 24.8. The van der Waals surface area contributed by atoms with Crippen LogP contribution >= 0.6 is 0 Å². The Balaban J connectivity index is 1.77. The molecule has 15 heteroatoms. The molecule has 2 aromatic rings. The largest absolute Gasteiger partial charge is 0.425 e. The van der Waals surface area contributed by atoms with Crippen molar-refractivity contribution < 1.29 is 37.4 Å². The maximum Gasteiger partial charge on any atom is 0.416 e. The van der Waals surface area contributed by atoms with Crippen molar-refractivity contribution in [3.05, 3.63) is 59.2 Å². The van der Waals surface area contributed by atoms with Crippen LogP contribution in [0.1, 0.15) is 49.8 Å². The van der Waals surface area contributed by atoms with Crippen LogP contribution in [0.15, 0.2) is 42.5 Å². The number of alkyl halides is 3. The summed E-state index contributed by atoms with van der Waals surface area (Å²) < 4.78 is 44.7. The zero-order valence-electron chi connectivity index (χ0n) is 24.8. The van der Waals surface area contributed by atoms with Gasteiger partial charge in [-0.25, -0.2) is 0 Å². The third kappa shape index (κ3) is 8.79. The van der Waals surface area contributed by atoms with E-state index in [1.807, 2.05) is 13.8 Å². The van der Waals surface area contributed by atoms with E-state index in [2.05, 4.69) is 5.32 Å². The first-order valence-corrected chi connectivity index (χ1v) is 14.3. The first kappa shape index (κ1) is 35.0. The van der Waals surface area contributed by atoms with Gasteiger partial charge in [0.25, 0.3) is 5.91 Å². The smallest absolute Gasteiger partial charge is 0.416 e. The lowest BCUT2D eigenvalue weighted by molar-refractivity contribution is -0.137. The maximum absolute atomic E-state index is 13.6. The Bertz CT molecular complexity index is 1310. The van der Waals surface area contributed by atoms with Crippen LogP contribution in [0.2, 0.25) is 0 Å². The molecular formula is C29H39BF3N6O5. The average Bonchev–Trinajstić information content (AvgIpc) is 3.30. The van der Waals surface area contributed by atoms with E-state index < -0.39 is 41.2 Å². The predicted octanol–water partition coefficient (Wildman–Crippen LogP) is 0.909. The Morgan fingerprint density at radius 2 is 1.68 bits per heavy atom. The van der Waals surface area contributed by atoms with Crippen LogP contribution in [0, 0.1) is 0 Å². The number of nitrogens with two attached hydrogens (primary N) is 3. The average molecular weight is 619 g/mol. The first-order valence-electron chi connectivity index (χ1n) is 14.3. The summed E-state index contributed by atoms with van der Waals surface area (Å²) >= 11 is 0. The van der Waals surface area contributed by atoms with Crippen LogP contribution in [-0.4, -0.2) is 73.6 Å². The first-order chi connectivity index (χ1) is 20.7. The Morgan fingerprint density at radius 1 is 1.05 bits per heavy atom. The van der Waals surface area contributed by atoms with E-state index in [-0.39, 0.29) is 50.4 Å².